The first-order valence-corrected chi connectivity index (χ1v) is 9.06. The minimum absolute atomic E-state index is 0.443. The highest BCUT2D eigenvalue weighted by Crippen LogP contribution is 2.21. The molecule has 120 valence electrons. The Hall–Kier alpha value is -0.380. The second-order valence-corrected chi connectivity index (χ2v) is 6.88. The van der Waals surface area contributed by atoms with Gasteiger partial charge in [-0.15, -0.1) is 0 Å². The first-order chi connectivity index (χ1) is 10.1. The van der Waals surface area contributed by atoms with Crippen LogP contribution in [0.25, 0.3) is 0 Å². The van der Waals surface area contributed by atoms with Gasteiger partial charge in [0.15, 0.2) is 0 Å². The molecule has 0 aliphatic heterocycles. The molecule has 0 heterocycles. The van der Waals surface area contributed by atoms with Crippen molar-refractivity contribution in [3.8, 4) is 0 Å². The van der Waals surface area contributed by atoms with Gasteiger partial charge in [0.2, 0.25) is 0 Å². The molecule has 1 N–H and O–H groups in total. The number of halogens is 1. The molecule has 1 rings (SSSR count). The lowest BCUT2D eigenvalue weighted by Gasteiger charge is -2.27. The summed E-state index contributed by atoms with van der Waals surface area (Å²) >= 11 is 3.58. The summed E-state index contributed by atoms with van der Waals surface area (Å²) in [5.74, 6) is 0. The van der Waals surface area contributed by atoms with Crippen LogP contribution in [0.3, 0.4) is 0 Å². The molecule has 2 unspecified atom stereocenters. The van der Waals surface area contributed by atoms with E-state index in [1.54, 1.807) is 0 Å². The van der Waals surface area contributed by atoms with Gasteiger partial charge in [-0.3, -0.25) is 0 Å². The third-order valence-electron chi connectivity index (χ3n) is 4.12. The van der Waals surface area contributed by atoms with Crippen LogP contribution in [0.4, 0.5) is 0 Å². The molecule has 0 fully saturated rings. The van der Waals surface area contributed by atoms with Crippen molar-refractivity contribution in [1.29, 1.82) is 0 Å². The van der Waals surface area contributed by atoms with Gasteiger partial charge in [-0.2, -0.15) is 0 Å². The van der Waals surface area contributed by atoms with E-state index >= 15 is 0 Å². The van der Waals surface area contributed by atoms with Crippen LogP contribution in [-0.4, -0.2) is 31.1 Å². The molecule has 3 heteroatoms. The summed E-state index contributed by atoms with van der Waals surface area (Å²) in [6.07, 6.45) is 4.86. The second kappa shape index (κ2) is 10.4. The first-order valence-electron chi connectivity index (χ1n) is 8.27. The molecule has 0 bridgehead atoms. The Kier molecular flexibility index (Phi) is 9.21. The van der Waals surface area contributed by atoms with Gasteiger partial charge in [-0.25, -0.2) is 0 Å². The van der Waals surface area contributed by atoms with Gasteiger partial charge in [0, 0.05) is 16.6 Å². The van der Waals surface area contributed by atoms with Gasteiger partial charge in [-0.05, 0) is 64.0 Å². The molecule has 0 radical (unpaired) electrons. The lowest BCUT2D eigenvalue weighted by molar-refractivity contribution is 0.231. The van der Waals surface area contributed by atoms with Crippen LogP contribution in [0, 0.1) is 0 Å². The molecule has 0 aliphatic carbocycles. The summed E-state index contributed by atoms with van der Waals surface area (Å²) in [6.45, 7) is 9.02. The Balaban J connectivity index is 2.62. The van der Waals surface area contributed by atoms with Crippen LogP contribution >= 0.6 is 15.9 Å². The van der Waals surface area contributed by atoms with E-state index in [4.69, 9.17) is 0 Å². The molecule has 0 aliphatic rings. The summed E-state index contributed by atoms with van der Waals surface area (Å²) in [5.41, 5.74) is 1.38. The average molecular weight is 355 g/mol. The van der Waals surface area contributed by atoms with E-state index in [1.165, 1.54) is 24.8 Å². The minimum atomic E-state index is 0.443. The number of hydrogen-bond acceptors (Lipinski definition) is 2. The van der Waals surface area contributed by atoms with Crippen LogP contribution in [0.15, 0.2) is 28.7 Å². The van der Waals surface area contributed by atoms with Crippen LogP contribution in [-0.2, 0) is 0 Å². The Morgan fingerprint density at radius 1 is 1.19 bits per heavy atom. The first kappa shape index (κ1) is 18.7. The number of benzene rings is 1. The van der Waals surface area contributed by atoms with Crippen molar-refractivity contribution >= 4 is 15.9 Å². The SMILES string of the molecule is CCCNC(CCN(C)C(C)CCC)c1cccc(Br)c1. The maximum atomic E-state index is 3.69. The lowest BCUT2D eigenvalue weighted by atomic mass is 10.0. The average Bonchev–Trinajstić information content (AvgIpc) is 2.47. The number of nitrogens with one attached hydrogen (secondary N) is 1. The highest BCUT2D eigenvalue weighted by Gasteiger charge is 2.14. The number of hydrogen-bond donors (Lipinski definition) is 1. The van der Waals surface area contributed by atoms with Crippen molar-refractivity contribution in [1.82, 2.24) is 10.2 Å². The zero-order chi connectivity index (χ0) is 15.7. The van der Waals surface area contributed by atoms with Crippen LogP contribution < -0.4 is 5.32 Å². The van der Waals surface area contributed by atoms with Gasteiger partial charge >= 0.3 is 0 Å². The van der Waals surface area contributed by atoms with Gasteiger partial charge in [0.25, 0.3) is 0 Å². The molecule has 0 saturated heterocycles. The molecule has 2 nitrogen and oxygen atoms in total. The maximum Gasteiger partial charge on any atom is 0.0332 e. The summed E-state index contributed by atoms with van der Waals surface area (Å²) < 4.78 is 1.16. The minimum Gasteiger partial charge on any atom is -0.310 e. The van der Waals surface area contributed by atoms with Gasteiger partial charge < -0.3 is 10.2 Å². The summed E-state index contributed by atoms with van der Waals surface area (Å²) in [7, 11) is 2.25. The van der Waals surface area contributed by atoms with Gasteiger partial charge in [0.1, 0.15) is 0 Å². The molecule has 21 heavy (non-hydrogen) atoms. The zero-order valence-electron chi connectivity index (χ0n) is 14.0. The summed E-state index contributed by atoms with van der Waals surface area (Å²) in [4.78, 5) is 2.49. The molecule has 2 atom stereocenters. The second-order valence-electron chi connectivity index (χ2n) is 5.97. The topological polar surface area (TPSA) is 15.3 Å². The predicted octanol–water partition coefficient (Wildman–Crippen LogP) is 5.00. The van der Waals surface area contributed by atoms with Crippen molar-refractivity contribution < 1.29 is 0 Å². The van der Waals surface area contributed by atoms with E-state index in [2.05, 4.69) is 78.2 Å². The van der Waals surface area contributed by atoms with Crippen LogP contribution in [0.5, 0.6) is 0 Å². The van der Waals surface area contributed by atoms with E-state index in [9.17, 15) is 0 Å². The lowest BCUT2D eigenvalue weighted by Crippen LogP contribution is -2.33. The highest BCUT2D eigenvalue weighted by molar-refractivity contribution is 9.10. The Morgan fingerprint density at radius 3 is 2.57 bits per heavy atom. The zero-order valence-corrected chi connectivity index (χ0v) is 15.6. The molecule has 0 aromatic heterocycles. The smallest absolute Gasteiger partial charge is 0.0332 e. The fraction of sp³-hybridized carbons (Fsp3) is 0.667. The standard InChI is InChI=1S/C18H31BrN2/c1-5-8-15(3)21(4)13-11-18(20-12-6-2)16-9-7-10-17(19)14-16/h7,9-10,14-15,18,20H,5-6,8,11-13H2,1-4H3. The molecule has 1 aromatic carbocycles. The third-order valence-corrected chi connectivity index (χ3v) is 4.61. The molecule has 0 saturated carbocycles. The van der Waals surface area contributed by atoms with Crippen LogP contribution in [0.2, 0.25) is 0 Å². The van der Waals surface area contributed by atoms with E-state index in [1.807, 2.05) is 0 Å². The Morgan fingerprint density at radius 2 is 1.95 bits per heavy atom. The van der Waals surface area contributed by atoms with E-state index < -0.39 is 0 Å². The normalized spacial score (nSPS) is 14.4. The molecule has 0 amide bonds. The predicted molar refractivity (Wildman–Crippen MR) is 96.8 cm³/mol. The van der Waals surface area contributed by atoms with Crippen molar-refractivity contribution in [2.24, 2.45) is 0 Å². The monoisotopic (exact) mass is 354 g/mol. The highest BCUT2D eigenvalue weighted by atomic mass is 79.9. The van der Waals surface area contributed by atoms with E-state index in [0.717, 1.165) is 24.0 Å². The van der Waals surface area contributed by atoms with Crippen molar-refractivity contribution in [3.05, 3.63) is 34.3 Å². The van der Waals surface area contributed by atoms with Crippen molar-refractivity contribution in [2.45, 2.75) is 58.5 Å². The van der Waals surface area contributed by atoms with Crippen LogP contribution in [0.1, 0.15) is 58.1 Å². The van der Waals surface area contributed by atoms with Gasteiger partial charge in [-0.1, -0.05) is 48.3 Å². The number of nitrogens with zero attached hydrogens (tertiary/aromatic N) is 1. The molecule has 1 aromatic rings. The fourth-order valence-corrected chi connectivity index (χ4v) is 3.04. The van der Waals surface area contributed by atoms with E-state index in [0.29, 0.717) is 12.1 Å². The largest absolute Gasteiger partial charge is 0.310 e. The third kappa shape index (κ3) is 6.94. The summed E-state index contributed by atoms with van der Waals surface area (Å²) in [5, 5.41) is 3.69. The Labute approximate surface area is 139 Å². The maximum absolute atomic E-state index is 3.69. The number of rotatable bonds is 10. The molecular formula is C18H31BrN2. The molecule has 0 spiro atoms. The fourth-order valence-electron chi connectivity index (χ4n) is 2.62. The van der Waals surface area contributed by atoms with E-state index in [-0.39, 0.29) is 0 Å². The van der Waals surface area contributed by atoms with Crippen molar-refractivity contribution in [2.75, 3.05) is 20.1 Å². The van der Waals surface area contributed by atoms with Crippen molar-refractivity contribution in [3.63, 3.8) is 0 Å². The quantitative estimate of drug-likeness (QED) is 0.635. The van der Waals surface area contributed by atoms with Gasteiger partial charge in [0.05, 0.1) is 0 Å². The summed E-state index contributed by atoms with van der Waals surface area (Å²) in [6, 6.07) is 9.80. The molecular weight excluding hydrogens is 324 g/mol. The Bertz CT molecular complexity index is 395.